The molecule has 0 saturated carbocycles. The first-order chi connectivity index (χ1) is 15.1. The Labute approximate surface area is 184 Å². The van der Waals surface area contributed by atoms with Gasteiger partial charge in [0.25, 0.3) is 0 Å². The van der Waals surface area contributed by atoms with Crippen molar-refractivity contribution in [3.8, 4) is 34.9 Å². The van der Waals surface area contributed by atoms with Crippen LogP contribution < -0.4 is 10.1 Å². The van der Waals surface area contributed by atoms with Gasteiger partial charge in [-0.3, -0.25) is 0 Å². The molecule has 4 aromatic rings. The molecule has 0 spiro atoms. The second-order valence-corrected chi connectivity index (χ2v) is 6.88. The lowest BCUT2D eigenvalue weighted by Gasteiger charge is -2.10. The quantitative estimate of drug-likeness (QED) is 0.418. The average Bonchev–Trinajstić information content (AvgIpc) is 2.81. The summed E-state index contributed by atoms with van der Waals surface area (Å²) in [5, 5.41) is 21.3. The van der Waals surface area contributed by atoms with Gasteiger partial charge in [-0.1, -0.05) is 29.8 Å². The topological polar surface area (TPSA) is 94.6 Å². The highest BCUT2D eigenvalue weighted by Crippen LogP contribution is 2.33. The van der Waals surface area contributed by atoms with Gasteiger partial charge in [0, 0.05) is 18.0 Å². The predicted molar refractivity (Wildman–Crippen MR) is 118 cm³/mol. The molecule has 0 radical (unpaired) electrons. The van der Waals surface area contributed by atoms with Crippen LogP contribution in [0.1, 0.15) is 11.1 Å². The molecule has 0 fully saturated rings. The van der Waals surface area contributed by atoms with Gasteiger partial charge in [-0.05, 0) is 59.7 Å². The van der Waals surface area contributed by atoms with Gasteiger partial charge >= 0.3 is 0 Å². The van der Waals surface area contributed by atoms with Gasteiger partial charge in [0.15, 0.2) is 0 Å². The standard InChI is InChI=1S/C24H14ClN5O/c25-21-13-19(18-5-1-16(14-26)2-6-18)7-10-22(21)31-23-11-12-28-24(30-23)29-20-8-3-17(15-27)4-9-20/h1-13H,(H,28,29,30). The Kier molecular flexibility index (Phi) is 5.75. The van der Waals surface area contributed by atoms with Crippen LogP contribution in [0.2, 0.25) is 5.02 Å². The minimum Gasteiger partial charge on any atom is -0.437 e. The zero-order valence-corrected chi connectivity index (χ0v) is 16.8. The molecule has 0 saturated heterocycles. The van der Waals surface area contributed by atoms with Crippen molar-refractivity contribution in [1.82, 2.24) is 9.97 Å². The lowest BCUT2D eigenvalue weighted by atomic mass is 10.0. The van der Waals surface area contributed by atoms with Gasteiger partial charge in [0.1, 0.15) is 5.75 Å². The van der Waals surface area contributed by atoms with Gasteiger partial charge in [0.2, 0.25) is 11.8 Å². The lowest BCUT2D eigenvalue weighted by Crippen LogP contribution is -1.98. The highest BCUT2D eigenvalue weighted by Gasteiger charge is 2.08. The van der Waals surface area contributed by atoms with Crippen LogP contribution in [0.25, 0.3) is 11.1 Å². The molecule has 6 nitrogen and oxygen atoms in total. The molecule has 0 unspecified atom stereocenters. The maximum atomic E-state index is 8.93. The highest BCUT2D eigenvalue weighted by molar-refractivity contribution is 6.32. The maximum Gasteiger partial charge on any atom is 0.230 e. The number of anilines is 2. The van der Waals surface area contributed by atoms with Crippen molar-refractivity contribution < 1.29 is 4.74 Å². The van der Waals surface area contributed by atoms with E-state index in [1.165, 1.54) is 0 Å². The predicted octanol–water partition coefficient (Wildman–Crippen LogP) is 6.08. The van der Waals surface area contributed by atoms with E-state index in [0.29, 0.717) is 33.7 Å². The minimum absolute atomic E-state index is 0.333. The summed E-state index contributed by atoms with van der Waals surface area (Å²) < 4.78 is 5.84. The molecule has 4 rings (SSSR count). The summed E-state index contributed by atoms with van der Waals surface area (Å²) in [6, 6.07) is 25.5. The van der Waals surface area contributed by atoms with E-state index in [0.717, 1.165) is 16.8 Å². The molecule has 0 aliphatic rings. The number of halogens is 1. The Morgan fingerprint density at radius 1 is 0.806 bits per heavy atom. The minimum atomic E-state index is 0.333. The molecular weight excluding hydrogens is 410 g/mol. The van der Waals surface area contributed by atoms with Crippen LogP contribution >= 0.6 is 11.6 Å². The van der Waals surface area contributed by atoms with Crippen molar-refractivity contribution in [2.75, 3.05) is 5.32 Å². The number of nitrogens with zero attached hydrogens (tertiary/aromatic N) is 4. The normalized spacial score (nSPS) is 10.0. The fraction of sp³-hybridized carbons (Fsp3) is 0. The van der Waals surface area contributed by atoms with Gasteiger partial charge in [-0.15, -0.1) is 0 Å². The summed E-state index contributed by atoms with van der Waals surface area (Å²) >= 11 is 6.42. The zero-order valence-electron chi connectivity index (χ0n) is 16.1. The summed E-state index contributed by atoms with van der Waals surface area (Å²) in [6.45, 7) is 0. The number of aromatic nitrogens is 2. The van der Waals surface area contributed by atoms with Crippen molar-refractivity contribution >= 4 is 23.2 Å². The zero-order chi connectivity index (χ0) is 21.6. The number of nitriles is 2. The van der Waals surface area contributed by atoms with Crippen molar-refractivity contribution in [3.63, 3.8) is 0 Å². The molecule has 0 atom stereocenters. The fourth-order valence-corrected chi connectivity index (χ4v) is 3.05. The van der Waals surface area contributed by atoms with Gasteiger partial charge in [-0.2, -0.15) is 15.5 Å². The van der Waals surface area contributed by atoms with Crippen molar-refractivity contribution in [1.29, 1.82) is 10.5 Å². The molecule has 1 aromatic heterocycles. The molecule has 0 amide bonds. The first kappa shape index (κ1) is 19.9. The van der Waals surface area contributed by atoms with Crippen LogP contribution in [0.15, 0.2) is 79.0 Å². The number of hydrogen-bond acceptors (Lipinski definition) is 6. The van der Waals surface area contributed by atoms with E-state index >= 15 is 0 Å². The van der Waals surface area contributed by atoms with Crippen molar-refractivity contribution in [2.24, 2.45) is 0 Å². The number of nitrogens with one attached hydrogen (secondary N) is 1. The van der Waals surface area contributed by atoms with Crippen LogP contribution in [-0.2, 0) is 0 Å². The van der Waals surface area contributed by atoms with Gasteiger partial charge < -0.3 is 10.1 Å². The first-order valence-corrected chi connectivity index (χ1v) is 9.60. The summed E-state index contributed by atoms with van der Waals surface area (Å²) in [6.07, 6.45) is 1.58. The molecule has 148 valence electrons. The van der Waals surface area contributed by atoms with E-state index in [-0.39, 0.29) is 0 Å². The highest BCUT2D eigenvalue weighted by atomic mass is 35.5. The van der Waals surface area contributed by atoms with E-state index in [2.05, 4.69) is 27.4 Å². The first-order valence-electron chi connectivity index (χ1n) is 9.23. The van der Waals surface area contributed by atoms with Crippen molar-refractivity contribution in [3.05, 3.63) is 95.1 Å². The van der Waals surface area contributed by atoms with Gasteiger partial charge in [0.05, 0.1) is 28.3 Å². The van der Waals surface area contributed by atoms with E-state index in [1.807, 2.05) is 18.2 Å². The molecule has 0 bridgehead atoms. The number of ether oxygens (including phenoxy) is 1. The number of rotatable bonds is 5. The van der Waals surface area contributed by atoms with E-state index < -0.39 is 0 Å². The Hall–Kier alpha value is -4.39. The molecule has 7 heteroatoms. The largest absolute Gasteiger partial charge is 0.437 e. The SMILES string of the molecule is N#Cc1ccc(Nc2nccc(Oc3ccc(-c4ccc(C#N)cc4)cc3Cl)n2)cc1. The third-order valence-electron chi connectivity index (χ3n) is 4.39. The maximum absolute atomic E-state index is 8.93. The summed E-state index contributed by atoms with van der Waals surface area (Å²) in [7, 11) is 0. The van der Waals surface area contributed by atoms with Crippen LogP contribution in [0.5, 0.6) is 11.6 Å². The fourth-order valence-electron chi connectivity index (χ4n) is 2.83. The molecule has 31 heavy (non-hydrogen) atoms. The van der Waals surface area contributed by atoms with E-state index in [9.17, 15) is 0 Å². The smallest absolute Gasteiger partial charge is 0.230 e. The van der Waals surface area contributed by atoms with Crippen LogP contribution in [0.4, 0.5) is 11.6 Å². The van der Waals surface area contributed by atoms with Crippen LogP contribution in [-0.4, -0.2) is 9.97 Å². The monoisotopic (exact) mass is 423 g/mol. The Bertz CT molecular complexity index is 1310. The van der Waals surface area contributed by atoms with Crippen LogP contribution in [0, 0.1) is 22.7 Å². The summed E-state index contributed by atoms with van der Waals surface area (Å²) in [4.78, 5) is 8.53. The van der Waals surface area contributed by atoms with E-state index in [1.54, 1.807) is 60.8 Å². The molecule has 1 N–H and O–H groups in total. The van der Waals surface area contributed by atoms with Crippen molar-refractivity contribution in [2.45, 2.75) is 0 Å². The Morgan fingerprint density at radius 2 is 1.45 bits per heavy atom. The number of hydrogen-bond donors (Lipinski definition) is 1. The van der Waals surface area contributed by atoms with Gasteiger partial charge in [-0.25, -0.2) is 4.98 Å². The molecule has 3 aromatic carbocycles. The van der Waals surface area contributed by atoms with E-state index in [4.69, 9.17) is 26.9 Å². The Balaban J connectivity index is 1.50. The molecular formula is C24H14ClN5O. The molecule has 0 aliphatic heterocycles. The summed E-state index contributed by atoms with van der Waals surface area (Å²) in [5.74, 6) is 1.15. The second-order valence-electron chi connectivity index (χ2n) is 6.47. The third kappa shape index (κ3) is 4.79. The second kappa shape index (κ2) is 8.96. The lowest BCUT2D eigenvalue weighted by molar-refractivity contribution is 0.463. The third-order valence-corrected chi connectivity index (χ3v) is 4.69. The average molecular weight is 424 g/mol. The molecule has 1 heterocycles. The summed E-state index contributed by atoms with van der Waals surface area (Å²) in [5.41, 5.74) is 3.78. The Morgan fingerprint density at radius 3 is 2.10 bits per heavy atom. The molecule has 0 aliphatic carbocycles. The van der Waals surface area contributed by atoms with Crippen LogP contribution in [0.3, 0.4) is 0 Å². The number of benzene rings is 3.